The summed E-state index contributed by atoms with van der Waals surface area (Å²) in [6.45, 7) is 0. The van der Waals surface area contributed by atoms with Gasteiger partial charge < -0.3 is 5.32 Å². The Labute approximate surface area is 104 Å². The lowest BCUT2D eigenvalue weighted by Gasteiger charge is -2.26. The van der Waals surface area contributed by atoms with Gasteiger partial charge in [0.25, 0.3) is 0 Å². The van der Waals surface area contributed by atoms with E-state index in [0.717, 1.165) is 30.6 Å². The molecule has 1 N–H and O–H groups in total. The van der Waals surface area contributed by atoms with E-state index in [1.807, 2.05) is 6.07 Å². The van der Waals surface area contributed by atoms with E-state index in [1.165, 1.54) is 6.07 Å². The van der Waals surface area contributed by atoms with Crippen molar-refractivity contribution >= 4 is 17.7 Å². The summed E-state index contributed by atoms with van der Waals surface area (Å²) in [5.74, 6) is 1.04. The van der Waals surface area contributed by atoms with Crippen molar-refractivity contribution in [3.05, 3.63) is 29.6 Å². The van der Waals surface area contributed by atoms with Gasteiger partial charge in [0.1, 0.15) is 5.82 Å². The SMILES string of the molecule is O=C(NC1CCSc2c(F)cccc21)C1CC1. The minimum Gasteiger partial charge on any atom is -0.349 e. The van der Waals surface area contributed by atoms with Crippen LogP contribution in [0.15, 0.2) is 23.1 Å². The van der Waals surface area contributed by atoms with Gasteiger partial charge in [0.2, 0.25) is 5.91 Å². The molecule has 1 heterocycles. The number of carbonyl (C=O) groups excluding carboxylic acids is 1. The van der Waals surface area contributed by atoms with Crippen LogP contribution in [0.4, 0.5) is 4.39 Å². The van der Waals surface area contributed by atoms with Crippen LogP contribution in [-0.2, 0) is 4.79 Å². The van der Waals surface area contributed by atoms with E-state index < -0.39 is 0 Å². The third kappa shape index (κ3) is 2.18. The molecule has 0 saturated heterocycles. The fourth-order valence-corrected chi connectivity index (χ4v) is 3.31. The molecule has 0 radical (unpaired) electrons. The van der Waals surface area contributed by atoms with Gasteiger partial charge in [-0.15, -0.1) is 11.8 Å². The van der Waals surface area contributed by atoms with Crippen molar-refractivity contribution in [2.75, 3.05) is 5.75 Å². The zero-order valence-corrected chi connectivity index (χ0v) is 10.2. The number of halogens is 1. The Morgan fingerprint density at radius 3 is 2.94 bits per heavy atom. The van der Waals surface area contributed by atoms with Crippen molar-refractivity contribution in [2.24, 2.45) is 5.92 Å². The fourth-order valence-electron chi connectivity index (χ4n) is 2.17. The molecule has 0 aromatic heterocycles. The molecule has 1 aromatic carbocycles. The lowest BCUT2D eigenvalue weighted by Crippen LogP contribution is -2.31. The summed E-state index contributed by atoms with van der Waals surface area (Å²) in [4.78, 5) is 12.5. The summed E-state index contributed by atoms with van der Waals surface area (Å²) in [5.41, 5.74) is 0.940. The van der Waals surface area contributed by atoms with Crippen molar-refractivity contribution in [3.63, 3.8) is 0 Å². The summed E-state index contributed by atoms with van der Waals surface area (Å²) in [6, 6.07) is 5.12. The molecule has 3 rings (SSSR count). The van der Waals surface area contributed by atoms with Crippen LogP contribution in [0.1, 0.15) is 30.9 Å². The van der Waals surface area contributed by atoms with Crippen LogP contribution in [-0.4, -0.2) is 11.7 Å². The first-order chi connectivity index (χ1) is 8.25. The maximum absolute atomic E-state index is 13.6. The van der Waals surface area contributed by atoms with E-state index in [2.05, 4.69) is 5.32 Å². The number of benzene rings is 1. The highest BCUT2D eigenvalue weighted by Crippen LogP contribution is 2.38. The maximum atomic E-state index is 13.6. The number of hydrogen-bond acceptors (Lipinski definition) is 2. The largest absolute Gasteiger partial charge is 0.349 e. The van der Waals surface area contributed by atoms with Gasteiger partial charge in [-0.05, 0) is 30.9 Å². The van der Waals surface area contributed by atoms with Gasteiger partial charge in [-0.25, -0.2) is 4.39 Å². The molecule has 1 saturated carbocycles. The van der Waals surface area contributed by atoms with Crippen LogP contribution in [0.5, 0.6) is 0 Å². The van der Waals surface area contributed by atoms with Crippen LogP contribution in [0.3, 0.4) is 0 Å². The second-order valence-corrected chi connectivity index (χ2v) is 5.74. The van der Waals surface area contributed by atoms with Crippen LogP contribution in [0, 0.1) is 11.7 Å². The van der Waals surface area contributed by atoms with Crippen LogP contribution < -0.4 is 5.32 Å². The number of hydrogen-bond donors (Lipinski definition) is 1. The van der Waals surface area contributed by atoms with E-state index in [0.29, 0.717) is 4.90 Å². The zero-order valence-electron chi connectivity index (χ0n) is 9.41. The predicted octanol–water partition coefficient (Wildman–Crippen LogP) is 2.89. The molecule has 2 aliphatic rings. The second-order valence-electron chi connectivity index (χ2n) is 4.63. The molecule has 1 aromatic rings. The molecular formula is C13H14FNOS. The Balaban J connectivity index is 1.83. The molecule has 2 nitrogen and oxygen atoms in total. The standard InChI is InChI=1S/C13H14FNOS/c14-10-3-1-2-9-11(6-7-17-12(9)10)15-13(16)8-4-5-8/h1-3,8,11H,4-7H2,(H,15,16). The highest BCUT2D eigenvalue weighted by atomic mass is 32.2. The first-order valence-corrected chi connectivity index (χ1v) is 6.96. The molecular weight excluding hydrogens is 237 g/mol. The summed E-state index contributed by atoms with van der Waals surface area (Å²) >= 11 is 1.54. The van der Waals surface area contributed by atoms with E-state index in [9.17, 15) is 9.18 Å². The third-order valence-corrected chi connectivity index (χ3v) is 4.45. The Morgan fingerprint density at radius 2 is 2.18 bits per heavy atom. The van der Waals surface area contributed by atoms with Crippen molar-refractivity contribution in [1.29, 1.82) is 0 Å². The Kier molecular flexibility index (Phi) is 2.82. The van der Waals surface area contributed by atoms with Gasteiger partial charge >= 0.3 is 0 Å². The average molecular weight is 251 g/mol. The quantitative estimate of drug-likeness (QED) is 0.875. The van der Waals surface area contributed by atoms with E-state index >= 15 is 0 Å². The number of amides is 1. The van der Waals surface area contributed by atoms with Gasteiger partial charge in [-0.3, -0.25) is 4.79 Å². The highest BCUT2D eigenvalue weighted by molar-refractivity contribution is 7.99. The molecule has 1 atom stereocenters. The normalized spacial score (nSPS) is 23.0. The minimum atomic E-state index is -0.169. The molecule has 1 unspecified atom stereocenters. The van der Waals surface area contributed by atoms with E-state index in [1.54, 1.807) is 17.8 Å². The molecule has 1 amide bonds. The fraction of sp³-hybridized carbons (Fsp3) is 0.462. The summed E-state index contributed by atoms with van der Waals surface area (Å²) in [6.07, 6.45) is 2.90. The Hall–Kier alpha value is -1.03. The summed E-state index contributed by atoms with van der Waals surface area (Å²) < 4.78 is 13.6. The second kappa shape index (κ2) is 4.33. The van der Waals surface area contributed by atoms with Gasteiger partial charge in [0.15, 0.2) is 0 Å². The Bertz CT molecular complexity index is 459. The predicted molar refractivity (Wildman–Crippen MR) is 65.3 cm³/mol. The van der Waals surface area contributed by atoms with E-state index in [4.69, 9.17) is 0 Å². The van der Waals surface area contributed by atoms with Crippen molar-refractivity contribution in [1.82, 2.24) is 5.32 Å². The highest BCUT2D eigenvalue weighted by Gasteiger charge is 2.32. The summed E-state index contributed by atoms with van der Waals surface area (Å²) in [5, 5.41) is 3.05. The van der Waals surface area contributed by atoms with Gasteiger partial charge in [-0.1, -0.05) is 12.1 Å². The average Bonchev–Trinajstić information content (AvgIpc) is 3.14. The minimum absolute atomic E-state index is 0.00458. The van der Waals surface area contributed by atoms with Gasteiger partial charge in [0, 0.05) is 16.6 Å². The molecule has 1 aliphatic heterocycles. The molecule has 90 valence electrons. The first kappa shape index (κ1) is 11.1. The van der Waals surface area contributed by atoms with Crippen LogP contribution in [0.25, 0.3) is 0 Å². The lowest BCUT2D eigenvalue weighted by molar-refractivity contribution is -0.123. The number of fused-ring (bicyclic) bond motifs is 1. The van der Waals surface area contributed by atoms with Crippen molar-refractivity contribution in [3.8, 4) is 0 Å². The van der Waals surface area contributed by atoms with Gasteiger partial charge in [-0.2, -0.15) is 0 Å². The zero-order chi connectivity index (χ0) is 11.8. The topological polar surface area (TPSA) is 29.1 Å². The Morgan fingerprint density at radius 1 is 1.35 bits per heavy atom. The van der Waals surface area contributed by atoms with Crippen molar-refractivity contribution in [2.45, 2.75) is 30.2 Å². The smallest absolute Gasteiger partial charge is 0.223 e. The van der Waals surface area contributed by atoms with Gasteiger partial charge in [0.05, 0.1) is 6.04 Å². The molecule has 17 heavy (non-hydrogen) atoms. The van der Waals surface area contributed by atoms with Crippen LogP contribution in [0.2, 0.25) is 0 Å². The lowest BCUT2D eigenvalue weighted by atomic mass is 10.0. The number of nitrogens with one attached hydrogen (secondary N) is 1. The number of thioether (sulfide) groups is 1. The number of carbonyl (C=O) groups is 1. The monoisotopic (exact) mass is 251 g/mol. The number of rotatable bonds is 2. The molecule has 4 heteroatoms. The summed E-state index contributed by atoms with van der Waals surface area (Å²) in [7, 11) is 0. The molecule has 0 spiro atoms. The van der Waals surface area contributed by atoms with Crippen molar-refractivity contribution < 1.29 is 9.18 Å². The maximum Gasteiger partial charge on any atom is 0.223 e. The third-order valence-electron chi connectivity index (χ3n) is 3.29. The van der Waals surface area contributed by atoms with Crippen LogP contribution >= 0.6 is 11.8 Å². The first-order valence-electron chi connectivity index (χ1n) is 5.97. The molecule has 0 bridgehead atoms. The molecule has 1 aliphatic carbocycles. The van der Waals surface area contributed by atoms with E-state index in [-0.39, 0.29) is 23.7 Å². The molecule has 1 fully saturated rings.